The maximum Gasteiger partial charge on any atom is 0.129 e. The third-order valence-corrected chi connectivity index (χ3v) is 5.97. The lowest BCUT2D eigenvalue weighted by atomic mass is 9.77. The van der Waals surface area contributed by atoms with E-state index in [1.54, 1.807) is 5.56 Å². The Morgan fingerprint density at radius 2 is 1.64 bits per heavy atom. The molecule has 1 aromatic heterocycles. The van der Waals surface area contributed by atoms with Gasteiger partial charge in [-0.25, -0.2) is 4.98 Å². The van der Waals surface area contributed by atoms with E-state index in [1.807, 2.05) is 12.3 Å². The molecule has 2 heteroatoms. The highest BCUT2D eigenvalue weighted by atomic mass is 35.5. The molecule has 0 amide bonds. The molecule has 1 aliphatic rings. The van der Waals surface area contributed by atoms with E-state index in [9.17, 15) is 0 Å². The number of nitrogens with zero attached hydrogens (tertiary/aromatic N) is 1. The summed E-state index contributed by atoms with van der Waals surface area (Å²) in [5, 5.41) is 0.588. The van der Waals surface area contributed by atoms with Crippen molar-refractivity contribution in [2.75, 3.05) is 0 Å². The summed E-state index contributed by atoms with van der Waals surface area (Å²) in [5.74, 6) is 1.64. The summed E-state index contributed by atoms with van der Waals surface area (Å²) in [5.41, 5.74) is 4.37. The molecule has 2 aromatic rings. The van der Waals surface area contributed by atoms with Crippen LogP contribution in [-0.4, -0.2) is 4.98 Å². The van der Waals surface area contributed by atoms with E-state index in [2.05, 4.69) is 42.2 Å². The summed E-state index contributed by atoms with van der Waals surface area (Å²) >= 11 is 5.86. The molecule has 0 bridgehead atoms. The molecular formula is C23H30ClN. The van der Waals surface area contributed by atoms with Gasteiger partial charge in [-0.05, 0) is 86.0 Å². The molecule has 25 heavy (non-hydrogen) atoms. The van der Waals surface area contributed by atoms with E-state index in [0.29, 0.717) is 5.15 Å². The standard InChI is InChI=1S/C23H30ClN/c1-2-3-4-18-7-12-21(13-8-18)22-14-9-19(10-15-22)5-6-20-11-16-23(24)25-17-20/h7-8,11-13,16-17,19,22H,2-6,9-10,14-15H2,1H3. The average molecular weight is 356 g/mol. The number of aryl methyl sites for hydroxylation is 2. The van der Waals surface area contributed by atoms with Crippen LogP contribution in [0.15, 0.2) is 42.6 Å². The van der Waals surface area contributed by atoms with Crippen LogP contribution in [0.4, 0.5) is 0 Å². The van der Waals surface area contributed by atoms with Gasteiger partial charge >= 0.3 is 0 Å². The van der Waals surface area contributed by atoms with Crippen LogP contribution in [0.25, 0.3) is 0 Å². The van der Waals surface area contributed by atoms with Crippen molar-refractivity contribution >= 4 is 11.6 Å². The van der Waals surface area contributed by atoms with Gasteiger partial charge in [0.05, 0.1) is 0 Å². The largest absolute Gasteiger partial charge is 0.244 e. The van der Waals surface area contributed by atoms with Crippen molar-refractivity contribution in [3.05, 3.63) is 64.4 Å². The van der Waals surface area contributed by atoms with Gasteiger partial charge in [0.15, 0.2) is 0 Å². The molecule has 1 aromatic carbocycles. The lowest BCUT2D eigenvalue weighted by molar-refractivity contribution is 0.310. The summed E-state index contributed by atoms with van der Waals surface area (Å²) in [7, 11) is 0. The minimum atomic E-state index is 0.588. The predicted molar refractivity (Wildman–Crippen MR) is 107 cm³/mol. The van der Waals surface area contributed by atoms with Gasteiger partial charge in [-0.2, -0.15) is 0 Å². The molecule has 0 aliphatic heterocycles. The van der Waals surface area contributed by atoms with E-state index in [0.717, 1.165) is 18.3 Å². The van der Waals surface area contributed by atoms with Gasteiger partial charge < -0.3 is 0 Å². The molecule has 0 spiro atoms. The second-order valence-corrected chi connectivity index (χ2v) is 7.98. The van der Waals surface area contributed by atoms with Crippen molar-refractivity contribution < 1.29 is 0 Å². The van der Waals surface area contributed by atoms with Crippen LogP contribution in [0.1, 0.15) is 74.5 Å². The first-order valence-electron chi connectivity index (χ1n) is 9.94. The van der Waals surface area contributed by atoms with Gasteiger partial charge in [0.25, 0.3) is 0 Å². The number of aromatic nitrogens is 1. The molecule has 1 saturated carbocycles. The van der Waals surface area contributed by atoms with Gasteiger partial charge in [0.2, 0.25) is 0 Å². The Morgan fingerprint density at radius 3 is 2.28 bits per heavy atom. The van der Waals surface area contributed by atoms with Crippen molar-refractivity contribution in [3.63, 3.8) is 0 Å². The van der Waals surface area contributed by atoms with Crippen LogP contribution in [0.5, 0.6) is 0 Å². The van der Waals surface area contributed by atoms with Gasteiger partial charge in [-0.1, -0.05) is 55.3 Å². The van der Waals surface area contributed by atoms with E-state index >= 15 is 0 Å². The second kappa shape index (κ2) is 9.38. The Labute approximate surface area is 157 Å². The quantitative estimate of drug-likeness (QED) is 0.488. The lowest BCUT2D eigenvalue weighted by Crippen LogP contribution is -2.14. The van der Waals surface area contributed by atoms with Crippen LogP contribution in [-0.2, 0) is 12.8 Å². The molecule has 1 nitrogen and oxygen atoms in total. The normalized spacial score (nSPS) is 20.6. The lowest BCUT2D eigenvalue weighted by Gasteiger charge is -2.29. The fraction of sp³-hybridized carbons (Fsp3) is 0.522. The molecule has 3 rings (SSSR count). The number of pyridine rings is 1. The smallest absolute Gasteiger partial charge is 0.129 e. The summed E-state index contributed by atoms with van der Waals surface area (Å²) in [4.78, 5) is 4.19. The Bertz CT molecular complexity index is 624. The maximum absolute atomic E-state index is 5.86. The van der Waals surface area contributed by atoms with Crippen LogP contribution < -0.4 is 0 Å². The SMILES string of the molecule is CCCCc1ccc(C2CCC(CCc3ccc(Cl)nc3)CC2)cc1. The van der Waals surface area contributed by atoms with Crippen LogP contribution >= 0.6 is 11.6 Å². The summed E-state index contributed by atoms with van der Waals surface area (Å²) < 4.78 is 0. The fourth-order valence-electron chi connectivity index (χ4n) is 4.05. The van der Waals surface area contributed by atoms with Crippen molar-refractivity contribution in [1.82, 2.24) is 4.98 Å². The Kier molecular flexibility index (Phi) is 6.93. The highest BCUT2D eigenvalue weighted by Crippen LogP contribution is 2.37. The Balaban J connectivity index is 1.44. The fourth-order valence-corrected chi connectivity index (χ4v) is 4.16. The first-order valence-corrected chi connectivity index (χ1v) is 10.3. The van der Waals surface area contributed by atoms with Crippen LogP contribution in [0.3, 0.4) is 0 Å². The molecule has 0 unspecified atom stereocenters. The average Bonchev–Trinajstić information content (AvgIpc) is 2.67. The third-order valence-electron chi connectivity index (χ3n) is 5.75. The van der Waals surface area contributed by atoms with Crippen LogP contribution in [0, 0.1) is 5.92 Å². The minimum absolute atomic E-state index is 0.588. The second-order valence-electron chi connectivity index (χ2n) is 7.59. The number of hydrogen-bond donors (Lipinski definition) is 0. The number of halogens is 1. The van der Waals surface area contributed by atoms with Crippen molar-refractivity contribution in [2.24, 2.45) is 5.92 Å². The van der Waals surface area contributed by atoms with E-state index < -0.39 is 0 Å². The summed E-state index contributed by atoms with van der Waals surface area (Å²) in [6.45, 7) is 2.26. The Hall–Kier alpha value is -1.34. The maximum atomic E-state index is 5.86. The van der Waals surface area contributed by atoms with Crippen molar-refractivity contribution in [3.8, 4) is 0 Å². The summed E-state index contributed by atoms with van der Waals surface area (Å²) in [6, 6.07) is 13.5. The highest BCUT2D eigenvalue weighted by Gasteiger charge is 2.22. The zero-order chi connectivity index (χ0) is 17.5. The monoisotopic (exact) mass is 355 g/mol. The molecule has 1 aliphatic carbocycles. The Morgan fingerprint density at radius 1 is 0.920 bits per heavy atom. The van der Waals surface area contributed by atoms with Crippen molar-refractivity contribution in [2.45, 2.75) is 70.6 Å². The number of hydrogen-bond acceptors (Lipinski definition) is 1. The zero-order valence-electron chi connectivity index (χ0n) is 15.4. The molecule has 0 N–H and O–H groups in total. The first kappa shape index (κ1) is 18.5. The third kappa shape index (κ3) is 5.57. The molecule has 134 valence electrons. The number of benzene rings is 1. The molecular weight excluding hydrogens is 326 g/mol. The zero-order valence-corrected chi connectivity index (χ0v) is 16.1. The number of rotatable bonds is 7. The molecule has 0 saturated heterocycles. The molecule has 1 fully saturated rings. The molecule has 1 heterocycles. The first-order chi connectivity index (χ1) is 12.2. The van der Waals surface area contributed by atoms with Crippen molar-refractivity contribution in [1.29, 1.82) is 0 Å². The molecule has 0 atom stereocenters. The van der Waals surface area contributed by atoms with E-state index in [-0.39, 0.29) is 0 Å². The van der Waals surface area contributed by atoms with Gasteiger partial charge in [0, 0.05) is 6.20 Å². The minimum Gasteiger partial charge on any atom is -0.244 e. The highest BCUT2D eigenvalue weighted by molar-refractivity contribution is 6.29. The van der Waals surface area contributed by atoms with Gasteiger partial charge in [-0.3, -0.25) is 0 Å². The summed E-state index contributed by atoms with van der Waals surface area (Å²) in [6.07, 6.45) is 13.6. The van der Waals surface area contributed by atoms with E-state index in [1.165, 1.54) is 62.5 Å². The number of unbranched alkanes of at least 4 members (excludes halogenated alkanes) is 1. The van der Waals surface area contributed by atoms with Gasteiger partial charge in [0.1, 0.15) is 5.15 Å². The predicted octanol–water partition coefficient (Wildman–Crippen LogP) is 6.98. The topological polar surface area (TPSA) is 12.9 Å². The molecule has 0 radical (unpaired) electrons. The van der Waals surface area contributed by atoms with Gasteiger partial charge in [-0.15, -0.1) is 0 Å². The van der Waals surface area contributed by atoms with Crippen LogP contribution in [0.2, 0.25) is 5.15 Å². The van der Waals surface area contributed by atoms with E-state index in [4.69, 9.17) is 11.6 Å².